The maximum absolute atomic E-state index is 13.0. The largest absolute Gasteiger partial charge is 0.444 e. The third-order valence-electron chi connectivity index (χ3n) is 4.88. The molecule has 26 heavy (non-hydrogen) atoms. The van der Waals surface area contributed by atoms with Crippen molar-refractivity contribution >= 4 is 17.7 Å². The summed E-state index contributed by atoms with van der Waals surface area (Å²) < 4.78 is 5.47. The highest BCUT2D eigenvalue weighted by Crippen LogP contribution is 2.24. The summed E-state index contributed by atoms with van der Waals surface area (Å²) >= 11 is 0. The van der Waals surface area contributed by atoms with Crippen molar-refractivity contribution in [2.75, 3.05) is 37.6 Å². The number of para-hydroxylation sites is 1. The van der Waals surface area contributed by atoms with Crippen LogP contribution >= 0.6 is 0 Å². The Labute approximate surface area is 155 Å². The quantitative estimate of drug-likeness (QED) is 0.815. The van der Waals surface area contributed by atoms with E-state index >= 15 is 0 Å². The van der Waals surface area contributed by atoms with Crippen LogP contribution in [-0.2, 0) is 9.53 Å². The second kappa shape index (κ2) is 7.56. The average Bonchev–Trinajstić information content (AvgIpc) is 3.10. The van der Waals surface area contributed by atoms with E-state index in [0.717, 1.165) is 25.9 Å². The fourth-order valence-corrected chi connectivity index (χ4v) is 3.60. The Morgan fingerprint density at radius 2 is 1.65 bits per heavy atom. The standard InChI is InChI=1S/C20H29N3O3/c1-20(2,3)26-19(25)23-11-7-10-17(23)18(24)22-14-12-21(13-15-22)16-8-5-4-6-9-16/h4-6,8-9,17H,7,10-15H2,1-3H3/t17-/m0/s1. The van der Waals surface area contributed by atoms with Crippen LogP contribution in [-0.4, -0.2) is 66.2 Å². The first-order chi connectivity index (χ1) is 12.3. The minimum absolute atomic E-state index is 0.0565. The zero-order valence-corrected chi connectivity index (χ0v) is 16.0. The number of hydrogen-bond acceptors (Lipinski definition) is 4. The van der Waals surface area contributed by atoms with Crippen LogP contribution < -0.4 is 4.90 Å². The number of anilines is 1. The number of benzene rings is 1. The molecule has 6 nitrogen and oxygen atoms in total. The third-order valence-corrected chi connectivity index (χ3v) is 4.88. The molecule has 2 fully saturated rings. The molecule has 0 saturated carbocycles. The van der Waals surface area contributed by atoms with E-state index in [1.807, 2.05) is 43.9 Å². The summed E-state index contributed by atoms with van der Waals surface area (Å²) in [6, 6.07) is 9.88. The van der Waals surface area contributed by atoms with E-state index in [9.17, 15) is 9.59 Å². The lowest BCUT2D eigenvalue weighted by Gasteiger charge is -2.38. The van der Waals surface area contributed by atoms with Crippen molar-refractivity contribution < 1.29 is 14.3 Å². The Balaban J connectivity index is 1.58. The van der Waals surface area contributed by atoms with E-state index < -0.39 is 5.60 Å². The van der Waals surface area contributed by atoms with Gasteiger partial charge in [0, 0.05) is 38.4 Å². The molecule has 142 valence electrons. The summed E-state index contributed by atoms with van der Waals surface area (Å²) in [6.07, 6.45) is 1.19. The average molecular weight is 359 g/mol. The van der Waals surface area contributed by atoms with E-state index in [1.165, 1.54) is 5.69 Å². The van der Waals surface area contributed by atoms with Gasteiger partial charge in [0.05, 0.1) is 0 Å². The van der Waals surface area contributed by atoms with Crippen LogP contribution in [0.3, 0.4) is 0 Å². The summed E-state index contributed by atoms with van der Waals surface area (Å²) in [5, 5.41) is 0. The first-order valence-corrected chi connectivity index (χ1v) is 9.43. The molecule has 2 saturated heterocycles. The Bertz CT molecular complexity index is 633. The smallest absolute Gasteiger partial charge is 0.410 e. The highest BCUT2D eigenvalue weighted by molar-refractivity contribution is 5.86. The van der Waals surface area contributed by atoms with Crippen molar-refractivity contribution in [1.29, 1.82) is 0 Å². The van der Waals surface area contributed by atoms with Gasteiger partial charge < -0.3 is 14.5 Å². The molecule has 0 bridgehead atoms. The van der Waals surface area contributed by atoms with E-state index in [1.54, 1.807) is 4.90 Å². The van der Waals surface area contributed by atoms with E-state index in [0.29, 0.717) is 19.6 Å². The zero-order chi connectivity index (χ0) is 18.7. The molecule has 1 atom stereocenters. The first kappa shape index (κ1) is 18.5. The number of amides is 2. The molecule has 0 N–H and O–H groups in total. The summed E-state index contributed by atoms with van der Waals surface area (Å²) in [5.74, 6) is 0.0565. The maximum Gasteiger partial charge on any atom is 0.410 e. The van der Waals surface area contributed by atoms with Gasteiger partial charge in [-0.15, -0.1) is 0 Å². The Kier molecular flexibility index (Phi) is 5.39. The SMILES string of the molecule is CC(C)(C)OC(=O)N1CCC[C@H]1C(=O)N1CCN(c2ccccc2)CC1. The van der Waals surface area contributed by atoms with Crippen molar-refractivity contribution in [2.24, 2.45) is 0 Å². The van der Waals surface area contributed by atoms with Gasteiger partial charge in [-0.25, -0.2) is 4.79 Å². The summed E-state index contributed by atoms with van der Waals surface area (Å²) in [4.78, 5) is 31.2. The van der Waals surface area contributed by atoms with Crippen LogP contribution in [0.1, 0.15) is 33.6 Å². The number of piperazine rings is 1. The van der Waals surface area contributed by atoms with Gasteiger partial charge in [0.25, 0.3) is 0 Å². The van der Waals surface area contributed by atoms with E-state index in [2.05, 4.69) is 17.0 Å². The number of carbonyl (C=O) groups is 2. The van der Waals surface area contributed by atoms with E-state index in [-0.39, 0.29) is 18.0 Å². The molecule has 2 aliphatic rings. The van der Waals surface area contributed by atoms with Gasteiger partial charge >= 0.3 is 6.09 Å². The molecule has 1 aromatic rings. The fraction of sp³-hybridized carbons (Fsp3) is 0.600. The molecule has 6 heteroatoms. The van der Waals surface area contributed by atoms with Gasteiger partial charge in [-0.05, 0) is 45.7 Å². The number of nitrogens with zero attached hydrogens (tertiary/aromatic N) is 3. The molecule has 2 heterocycles. The Morgan fingerprint density at radius 1 is 1.00 bits per heavy atom. The molecule has 1 aromatic carbocycles. The fourth-order valence-electron chi connectivity index (χ4n) is 3.60. The predicted octanol–water partition coefficient (Wildman–Crippen LogP) is 2.73. The first-order valence-electron chi connectivity index (χ1n) is 9.43. The molecule has 0 radical (unpaired) electrons. The molecule has 3 rings (SSSR count). The lowest BCUT2D eigenvalue weighted by atomic mass is 10.1. The number of likely N-dealkylation sites (tertiary alicyclic amines) is 1. The van der Waals surface area contributed by atoms with Gasteiger partial charge in [0.1, 0.15) is 11.6 Å². The van der Waals surface area contributed by atoms with Gasteiger partial charge in [0.15, 0.2) is 0 Å². The molecule has 2 aliphatic heterocycles. The molecule has 2 amide bonds. The predicted molar refractivity (Wildman–Crippen MR) is 101 cm³/mol. The third kappa shape index (κ3) is 4.29. The topological polar surface area (TPSA) is 53.1 Å². The van der Waals surface area contributed by atoms with Crippen LogP contribution in [0.2, 0.25) is 0 Å². The lowest BCUT2D eigenvalue weighted by Crippen LogP contribution is -2.54. The second-order valence-corrected chi connectivity index (χ2v) is 7.98. The lowest BCUT2D eigenvalue weighted by molar-refractivity contribution is -0.136. The van der Waals surface area contributed by atoms with Crippen molar-refractivity contribution in [3.63, 3.8) is 0 Å². The van der Waals surface area contributed by atoms with Crippen LogP contribution in [0.15, 0.2) is 30.3 Å². The summed E-state index contributed by atoms with van der Waals surface area (Å²) in [5.41, 5.74) is 0.644. The van der Waals surface area contributed by atoms with Gasteiger partial charge in [-0.1, -0.05) is 18.2 Å². The van der Waals surface area contributed by atoms with Crippen LogP contribution in [0, 0.1) is 0 Å². The number of carbonyl (C=O) groups excluding carboxylic acids is 2. The molecular weight excluding hydrogens is 330 g/mol. The van der Waals surface area contributed by atoms with Crippen LogP contribution in [0.5, 0.6) is 0 Å². The number of ether oxygens (including phenoxy) is 1. The van der Waals surface area contributed by atoms with Crippen molar-refractivity contribution in [3.05, 3.63) is 30.3 Å². The highest BCUT2D eigenvalue weighted by atomic mass is 16.6. The van der Waals surface area contributed by atoms with Crippen molar-refractivity contribution in [3.8, 4) is 0 Å². The molecule has 0 unspecified atom stereocenters. The van der Waals surface area contributed by atoms with Crippen LogP contribution in [0.4, 0.5) is 10.5 Å². The number of rotatable bonds is 2. The van der Waals surface area contributed by atoms with Gasteiger partial charge in [-0.3, -0.25) is 9.69 Å². The highest BCUT2D eigenvalue weighted by Gasteiger charge is 2.39. The van der Waals surface area contributed by atoms with Crippen molar-refractivity contribution in [1.82, 2.24) is 9.80 Å². The van der Waals surface area contributed by atoms with Gasteiger partial charge in [0.2, 0.25) is 5.91 Å². The Morgan fingerprint density at radius 3 is 2.27 bits per heavy atom. The normalized spacial score (nSPS) is 21.0. The maximum atomic E-state index is 13.0. The zero-order valence-electron chi connectivity index (χ0n) is 16.0. The minimum atomic E-state index is -0.547. The summed E-state index contributed by atoms with van der Waals surface area (Å²) in [6.45, 7) is 9.14. The second-order valence-electron chi connectivity index (χ2n) is 7.98. The molecule has 0 aliphatic carbocycles. The number of hydrogen-bond donors (Lipinski definition) is 0. The van der Waals surface area contributed by atoms with E-state index in [4.69, 9.17) is 4.74 Å². The van der Waals surface area contributed by atoms with Crippen LogP contribution in [0.25, 0.3) is 0 Å². The molecule has 0 aromatic heterocycles. The monoisotopic (exact) mass is 359 g/mol. The van der Waals surface area contributed by atoms with Gasteiger partial charge in [-0.2, -0.15) is 0 Å². The molecular formula is C20H29N3O3. The summed E-state index contributed by atoms with van der Waals surface area (Å²) in [7, 11) is 0. The van der Waals surface area contributed by atoms with Crippen molar-refractivity contribution in [2.45, 2.75) is 45.3 Å². The molecule has 0 spiro atoms. The Hall–Kier alpha value is -2.24. The minimum Gasteiger partial charge on any atom is -0.444 e.